The summed E-state index contributed by atoms with van der Waals surface area (Å²) >= 11 is 0. The lowest BCUT2D eigenvalue weighted by Crippen LogP contribution is -2.59. The molecule has 0 radical (unpaired) electrons. The number of pyridine rings is 1. The summed E-state index contributed by atoms with van der Waals surface area (Å²) in [5.74, 6) is 0.737. The summed E-state index contributed by atoms with van der Waals surface area (Å²) < 4.78 is 5.20. The van der Waals surface area contributed by atoms with Crippen LogP contribution in [0.3, 0.4) is 0 Å². The molecule has 6 heteroatoms. The molecule has 6 nitrogen and oxygen atoms in total. The predicted octanol–water partition coefficient (Wildman–Crippen LogP) is 3.60. The lowest BCUT2D eigenvalue weighted by atomic mass is 9.97. The number of carbonyl (C=O) groups is 2. The molecule has 1 atom stereocenters. The Hall–Kier alpha value is -3.67. The molecule has 3 aromatic rings. The normalized spacial score (nSPS) is 16.1. The Bertz CT molecular complexity index is 1100. The topological polar surface area (TPSA) is 62.7 Å². The van der Waals surface area contributed by atoms with Crippen molar-refractivity contribution in [2.75, 3.05) is 26.7 Å². The van der Waals surface area contributed by atoms with E-state index >= 15 is 0 Å². The molecule has 0 spiro atoms. The van der Waals surface area contributed by atoms with Crippen LogP contribution in [0.1, 0.15) is 18.1 Å². The SMILES string of the molecule is CCN1CCN(C(=O)Cc2ccc(OC)cc2)[C@@H](Cc2cccc(-c3cccnc3)c2)C1=O. The van der Waals surface area contributed by atoms with Crippen molar-refractivity contribution in [2.24, 2.45) is 0 Å². The quantitative estimate of drug-likeness (QED) is 0.560. The Balaban J connectivity index is 1.55. The number of amides is 2. The number of piperazine rings is 1. The van der Waals surface area contributed by atoms with Crippen molar-refractivity contribution in [1.82, 2.24) is 14.8 Å². The van der Waals surface area contributed by atoms with Crippen LogP contribution in [0.5, 0.6) is 5.75 Å². The van der Waals surface area contributed by atoms with Crippen LogP contribution in [0.2, 0.25) is 0 Å². The third-order valence-electron chi connectivity index (χ3n) is 6.15. The van der Waals surface area contributed by atoms with Crippen LogP contribution < -0.4 is 4.74 Å². The summed E-state index contributed by atoms with van der Waals surface area (Å²) in [7, 11) is 1.62. The molecule has 0 aliphatic carbocycles. The van der Waals surface area contributed by atoms with Gasteiger partial charge in [0.2, 0.25) is 11.8 Å². The molecule has 2 aromatic carbocycles. The summed E-state index contributed by atoms with van der Waals surface area (Å²) in [5, 5.41) is 0. The van der Waals surface area contributed by atoms with E-state index in [9.17, 15) is 9.59 Å². The van der Waals surface area contributed by atoms with Crippen molar-refractivity contribution in [3.63, 3.8) is 0 Å². The number of likely N-dealkylation sites (N-methyl/N-ethyl adjacent to an activating group) is 1. The van der Waals surface area contributed by atoms with Gasteiger partial charge in [-0.15, -0.1) is 0 Å². The van der Waals surface area contributed by atoms with Gasteiger partial charge in [-0.05, 0) is 47.4 Å². The maximum Gasteiger partial charge on any atom is 0.245 e. The first kappa shape index (κ1) is 22.5. The van der Waals surface area contributed by atoms with Crippen molar-refractivity contribution >= 4 is 11.8 Å². The molecule has 1 saturated heterocycles. The fraction of sp³-hybridized carbons (Fsp3) is 0.296. The molecular formula is C27H29N3O3. The Morgan fingerprint density at radius 2 is 1.82 bits per heavy atom. The zero-order chi connectivity index (χ0) is 23.2. The number of benzene rings is 2. The maximum atomic E-state index is 13.3. The van der Waals surface area contributed by atoms with E-state index in [1.54, 1.807) is 18.2 Å². The minimum absolute atomic E-state index is 0.0126. The second-order valence-corrected chi connectivity index (χ2v) is 8.19. The molecule has 1 aromatic heterocycles. The molecule has 4 rings (SSSR count). The van der Waals surface area contributed by atoms with Gasteiger partial charge >= 0.3 is 0 Å². The smallest absolute Gasteiger partial charge is 0.245 e. The Labute approximate surface area is 194 Å². The second kappa shape index (κ2) is 10.3. The van der Waals surface area contributed by atoms with Crippen LogP contribution in [0, 0.1) is 0 Å². The van der Waals surface area contributed by atoms with Crippen molar-refractivity contribution in [1.29, 1.82) is 0 Å². The number of nitrogens with zero attached hydrogens (tertiary/aromatic N) is 3. The Morgan fingerprint density at radius 1 is 1.03 bits per heavy atom. The number of hydrogen-bond acceptors (Lipinski definition) is 4. The zero-order valence-electron chi connectivity index (χ0n) is 19.1. The number of methoxy groups -OCH3 is 1. The van der Waals surface area contributed by atoms with E-state index in [0.717, 1.165) is 28.0 Å². The fourth-order valence-electron chi connectivity index (χ4n) is 4.30. The molecule has 1 aliphatic rings. The first-order valence-electron chi connectivity index (χ1n) is 11.3. The van der Waals surface area contributed by atoms with E-state index in [4.69, 9.17) is 4.74 Å². The molecule has 1 fully saturated rings. The average molecular weight is 444 g/mol. The van der Waals surface area contributed by atoms with Gasteiger partial charge in [0.15, 0.2) is 0 Å². The van der Waals surface area contributed by atoms with Crippen LogP contribution in [0.4, 0.5) is 0 Å². The molecule has 0 unspecified atom stereocenters. The van der Waals surface area contributed by atoms with E-state index in [1.165, 1.54) is 0 Å². The summed E-state index contributed by atoms with van der Waals surface area (Å²) in [5.41, 5.74) is 4.00. The summed E-state index contributed by atoms with van der Waals surface area (Å²) in [6.45, 7) is 3.73. The molecule has 1 aliphatic heterocycles. The van der Waals surface area contributed by atoms with E-state index in [1.807, 2.05) is 72.6 Å². The second-order valence-electron chi connectivity index (χ2n) is 8.19. The van der Waals surface area contributed by atoms with Crippen molar-refractivity contribution in [3.8, 4) is 16.9 Å². The van der Waals surface area contributed by atoms with Crippen LogP contribution in [-0.4, -0.2) is 59.4 Å². The third kappa shape index (κ3) is 5.22. The molecule has 2 heterocycles. The summed E-state index contributed by atoms with van der Waals surface area (Å²) in [6, 6.07) is 19.0. The highest BCUT2D eigenvalue weighted by molar-refractivity contribution is 5.90. The van der Waals surface area contributed by atoms with Gasteiger partial charge in [0.25, 0.3) is 0 Å². The number of aromatic nitrogens is 1. The third-order valence-corrected chi connectivity index (χ3v) is 6.15. The lowest BCUT2D eigenvalue weighted by Gasteiger charge is -2.40. The monoisotopic (exact) mass is 443 g/mol. The Morgan fingerprint density at radius 3 is 2.52 bits per heavy atom. The van der Waals surface area contributed by atoms with Crippen LogP contribution in [0.15, 0.2) is 73.1 Å². The van der Waals surface area contributed by atoms with Gasteiger partial charge in [0.1, 0.15) is 11.8 Å². The highest BCUT2D eigenvalue weighted by atomic mass is 16.5. The van der Waals surface area contributed by atoms with Crippen LogP contribution in [0.25, 0.3) is 11.1 Å². The molecular weight excluding hydrogens is 414 g/mol. The maximum absolute atomic E-state index is 13.3. The standard InChI is InChI=1S/C27H29N3O3/c1-3-29-14-15-30(26(31)18-20-9-11-24(33-2)12-10-20)25(27(29)32)17-21-6-4-7-22(16-21)23-8-5-13-28-19-23/h4-13,16,19,25H,3,14-15,17-18H2,1-2H3/t25-/m0/s1. The number of hydrogen-bond donors (Lipinski definition) is 0. The van der Waals surface area contributed by atoms with Crippen molar-refractivity contribution in [3.05, 3.63) is 84.2 Å². The largest absolute Gasteiger partial charge is 0.497 e. The Kier molecular flexibility index (Phi) is 7.03. The van der Waals surface area contributed by atoms with Crippen LogP contribution >= 0.6 is 0 Å². The van der Waals surface area contributed by atoms with Gasteiger partial charge in [-0.25, -0.2) is 0 Å². The number of rotatable bonds is 7. The first-order valence-corrected chi connectivity index (χ1v) is 11.3. The molecule has 33 heavy (non-hydrogen) atoms. The highest BCUT2D eigenvalue weighted by Gasteiger charge is 2.36. The highest BCUT2D eigenvalue weighted by Crippen LogP contribution is 2.23. The molecule has 0 bridgehead atoms. The van der Waals surface area contributed by atoms with Gasteiger partial charge in [0.05, 0.1) is 13.5 Å². The van der Waals surface area contributed by atoms with Gasteiger partial charge in [-0.3, -0.25) is 14.6 Å². The lowest BCUT2D eigenvalue weighted by molar-refractivity contribution is -0.150. The molecule has 0 saturated carbocycles. The van der Waals surface area contributed by atoms with Crippen molar-refractivity contribution in [2.45, 2.75) is 25.8 Å². The van der Waals surface area contributed by atoms with Crippen molar-refractivity contribution < 1.29 is 14.3 Å². The van der Waals surface area contributed by atoms with Gasteiger partial charge in [-0.1, -0.05) is 42.5 Å². The van der Waals surface area contributed by atoms with E-state index in [2.05, 4.69) is 11.1 Å². The minimum Gasteiger partial charge on any atom is -0.497 e. The zero-order valence-corrected chi connectivity index (χ0v) is 19.1. The predicted molar refractivity (Wildman–Crippen MR) is 128 cm³/mol. The van der Waals surface area contributed by atoms with E-state index in [-0.39, 0.29) is 18.2 Å². The molecule has 170 valence electrons. The summed E-state index contributed by atoms with van der Waals surface area (Å²) in [6.07, 6.45) is 4.32. The van der Waals surface area contributed by atoms with Gasteiger partial charge in [-0.2, -0.15) is 0 Å². The van der Waals surface area contributed by atoms with E-state index in [0.29, 0.717) is 26.1 Å². The van der Waals surface area contributed by atoms with Gasteiger partial charge in [0, 0.05) is 38.4 Å². The first-order chi connectivity index (χ1) is 16.1. The van der Waals surface area contributed by atoms with E-state index < -0.39 is 6.04 Å². The molecule has 2 amide bonds. The number of ether oxygens (including phenoxy) is 1. The average Bonchev–Trinajstić information content (AvgIpc) is 2.86. The number of carbonyl (C=O) groups excluding carboxylic acids is 2. The fourth-order valence-corrected chi connectivity index (χ4v) is 4.30. The molecule has 0 N–H and O–H groups in total. The van der Waals surface area contributed by atoms with Gasteiger partial charge < -0.3 is 14.5 Å². The van der Waals surface area contributed by atoms with Crippen LogP contribution in [-0.2, 0) is 22.4 Å². The minimum atomic E-state index is -0.506. The summed E-state index contributed by atoms with van der Waals surface area (Å²) in [4.78, 5) is 34.3.